The number of ether oxygens (including phenoxy) is 2. The maximum absolute atomic E-state index is 14.4. The molecular formula is C33H31BrFN3O6S. The van der Waals surface area contributed by atoms with Crippen LogP contribution in [0, 0.1) is 5.82 Å². The molecule has 0 fully saturated rings. The van der Waals surface area contributed by atoms with Crippen molar-refractivity contribution in [1.29, 1.82) is 0 Å². The van der Waals surface area contributed by atoms with Gasteiger partial charge in [0, 0.05) is 30.6 Å². The first-order valence-electron chi connectivity index (χ1n) is 14.1. The number of nitrogens with one attached hydrogen (secondary N) is 1. The van der Waals surface area contributed by atoms with Gasteiger partial charge in [-0.15, -0.1) is 0 Å². The molecule has 0 saturated carbocycles. The lowest BCUT2D eigenvalue weighted by molar-refractivity contribution is -0.139. The minimum atomic E-state index is -4.40. The predicted octanol–water partition coefficient (Wildman–Crippen LogP) is 4.94. The highest BCUT2D eigenvalue weighted by molar-refractivity contribution is 9.10. The number of benzene rings is 4. The first kappa shape index (κ1) is 32.0. The van der Waals surface area contributed by atoms with E-state index in [9.17, 15) is 22.4 Å². The lowest BCUT2D eigenvalue weighted by Gasteiger charge is -2.33. The molecule has 0 spiro atoms. The van der Waals surface area contributed by atoms with E-state index in [4.69, 9.17) is 9.47 Å². The number of nitrogens with zero attached hydrogens (tertiary/aromatic N) is 2. The molecule has 0 bridgehead atoms. The zero-order chi connectivity index (χ0) is 32.0. The summed E-state index contributed by atoms with van der Waals surface area (Å²) in [7, 11) is -2.91. The number of likely N-dealkylation sites (N-methyl/N-ethyl adjacent to an activating group) is 1. The molecule has 0 unspecified atom stereocenters. The van der Waals surface area contributed by atoms with Crippen LogP contribution in [0.25, 0.3) is 0 Å². The van der Waals surface area contributed by atoms with Crippen LogP contribution >= 0.6 is 15.9 Å². The second kappa shape index (κ2) is 14.1. The van der Waals surface area contributed by atoms with Crippen molar-refractivity contribution >= 4 is 43.5 Å². The Kier molecular flexibility index (Phi) is 10.0. The van der Waals surface area contributed by atoms with Crippen molar-refractivity contribution in [3.05, 3.63) is 118 Å². The molecule has 45 heavy (non-hydrogen) atoms. The average molecular weight is 697 g/mol. The Morgan fingerprint density at radius 1 is 0.889 bits per heavy atom. The van der Waals surface area contributed by atoms with E-state index in [1.807, 2.05) is 54.6 Å². The van der Waals surface area contributed by atoms with Gasteiger partial charge in [-0.25, -0.2) is 12.8 Å². The standard InChI is InChI=1S/C33H31BrFN3O6S/c1-36-33(40)29(19-23-6-3-2-4-7-23)37(21-24-8-5-9-25(34)18-24)32(39)22-38(27-12-10-26(35)11-13-27)45(41,42)28-14-15-30-31(20-28)44-17-16-43-30/h2-15,18,20,29H,16-17,19,21-22H2,1H3,(H,36,40)/t29-/m1/s1. The average Bonchev–Trinajstić information content (AvgIpc) is 3.05. The molecule has 1 atom stereocenters. The second-order valence-electron chi connectivity index (χ2n) is 10.3. The summed E-state index contributed by atoms with van der Waals surface area (Å²) in [4.78, 5) is 28.9. The number of hydrogen-bond acceptors (Lipinski definition) is 6. The van der Waals surface area contributed by atoms with Crippen LogP contribution in [-0.4, -0.2) is 58.0 Å². The van der Waals surface area contributed by atoms with Crippen LogP contribution in [0.4, 0.5) is 10.1 Å². The molecule has 0 radical (unpaired) electrons. The summed E-state index contributed by atoms with van der Waals surface area (Å²) in [6, 6.07) is 24.6. The molecule has 1 heterocycles. The third-order valence-corrected chi connectivity index (χ3v) is 9.52. The Bertz CT molecular complexity index is 1770. The van der Waals surface area contributed by atoms with Crippen molar-refractivity contribution < 1.29 is 31.9 Å². The van der Waals surface area contributed by atoms with Crippen LogP contribution in [-0.2, 0) is 32.6 Å². The molecule has 0 aromatic heterocycles. The minimum absolute atomic E-state index is 0.0184. The third kappa shape index (κ3) is 7.63. The predicted molar refractivity (Wildman–Crippen MR) is 171 cm³/mol. The summed E-state index contributed by atoms with van der Waals surface area (Å²) < 4.78 is 55.2. The van der Waals surface area contributed by atoms with Gasteiger partial charge in [-0.05, 0) is 59.7 Å². The quantitative estimate of drug-likeness (QED) is 0.238. The number of carbonyl (C=O) groups excluding carboxylic acids is 2. The van der Waals surface area contributed by atoms with Crippen molar-refractivity contribution in [2.45, 2.75) is 23.9 Å². The van der Waals surface area contributed by atoms with Crippen LogP contribution in [0.2, 0.25) is 0 Å². The number of sulfonamides is 1. The van der Waals surface area contributed by atoms with Crippen molar-refractivity contribution in [3.63, 3.8) is 0 Å². The van der Waals surface area contributed by atoms with Gasteiger partial charge < -0.3 is 19.7 Å². The summed E-state index contributed by atoms with van der Waals surface area (Å²) in [5.41, 5.74) is 1.61. The Morgan fingerprint density at radius 2 is 1.58 bits per heavy atom. The maximum atomic E-state index is 14.4. The highest BCUT2D eigenvalue weighted by atomic mass is 79.9. The molecule has 2 amide bonds. The Balaban J connectivity index is 1.56. The van der Waals surface area contributed by atoms with E-state index < -0.39 is 40.2 Å². The molecule has 0 saturated heterocycles. The van der Waals surface area contributed by atoms with E-state index in [2.05, 4.69) is 21.2 Å². The molecule has 4 aromatic carbocycles. The van der Waals surface area contributed by atoms with Crippen molar-refractivity contribution in [2.75, 3.05) is 31.1 Å². The van der Waals surface area contributed by atoms with E-state index in [1.165, 1.54) is 42.3 Å². The number of halogens is 2. The van der Waals surface area contributed by atoms with E-state index in [-0.39, 0.29) is 35.9 Å². The van der Waals surface area contributed by atoms with E-state index in [0.717, 1.165) is 32.0 Å². The largest absolute Gasteiger partial charge is 0.486 e. The van der Waals surface area contributed by atoms with Gasteiger partial charge >= 0.3 is 0 Å². The lowest BCUT2D eigenvalue weighted by Crippen LogP contribution is -2.53. The first-order valence-corrected chi connectivity index (χ1v) is 16.4. The molecule has 0 aliphatic carbocycles. The first-order chi connectivity index (χ1) is 21.7. The smallest absolute Gasteiger partial charge is 0.264 e. The summed E-state index contributed by atoms with van der Waals surface area (Å²) in [5.74, 6) is -0.957. The minimum Gasteiger partial charge on any atom is -0.486 e. The van der Waals surface area contributed by atoms with Gasteiger partial charge in [-0.1, -0.05) is 58.4 Å². The van der Waals surface area contributed by atoms with E-state index >= 15 is 0 Å². The molecule has 1 aliphatic heterocycles. The Labute approximate surface area is 269 Å². The second-order valence-corrected chi connectivity index (χ2v) is 13.0. The van der Waals surface area contributed by atoms with Gasteiger partial charge in [0.15, 0.2) is 11.5 Å². The van der Waals surface area contributed by atoms with Crippen LogP contribution < -0.4 is 19.1 Å². The lowest BCUT2D eigenvalue weighted by atomic mass is 10.0. The highest BCUT2D eigenvalue weighted by Gasteiger charge is 2.35. The molecule has 9 nitrogen and oxygen atoms in total. The highest BCUT2D eigenvalue weighted by Crippen LogP contribution is 2.34. The summed E-state index contributed by atoms with van der Waals surface area (Å²) in [5, 5.41) is 2.65. The Morgan fingerprint density at radius 3 is 2.27 bits per heavy atom. The van der Waals surface area contributed by atoms with Gasteiger partial charge in [-0.2, -0.15) is 0 Å². The normalized spacial score (nSPS) is 13.0. The van der Waals surface area contributed by atoms with Crippen LogP contribution in [0.1, 0.15) is 11.1 Å². The van der Waals surface area contributed by atoms with E-state index in [0.29, 0.717) is 12.4 Å². The molecule has 1 aliphatic rings. The van der Waals surface area contributed by atoms with E-state index in [1.54, 1.807) is 0 Å². The van der Waals surface area contributed by atoms with Crippen LogP contribution in [0.5, 0.6) is 11.5 Å². The van der Waals surface area contributed by atoms with Gasteiger partial charge in [0.2, 0.25) is 11.8 Å². The van der Waals surface area contributed by atoms with Crippen molar-refractivity contribution in [1.82, 2.24) is 10.2 Å². The summed E-state index contributed by atoms with van der Waals surface area (Å²) >= 11 is 3.46. The number of anilines is 1. The fraction of sp³-hybridized carbons (Fsp3) is 0.212. The number of fused-ring (bicyclic) bond motifs is 1. The van der Waals surface area contributed by atoms with Crippen LogP contribution in [0.3, 0.4) is 0 Å². The van der Waals surface area contributed by atoms with Gasteiger partial charge in [0.05, 0.1) is 10.6 Å². The number of amides is 2. The number of carbonyl (C=O) groups is 2. The zero-order valence-electron chi connectivity index (χ0n) is 24.4. The zero-order valence-corrected chi connectivity index (χ0v) is 26.8. The van der Waals surface area contributed by atoms with Gasteiger partial charge in [0.1, 0.15) is 31.6 Å². The number of rotatable bonds is 11. The third-order valence-electron chi connectivity index (χ3n) is 7.25. The van der Waals surface area contributed by atoms with Crippen LogP contribution in [0.15, 0.2) is 106 Å². The Hall–Kier alpha value is -4.42. The van der Waals surface area contributed by atoms with Crippen molar-refractivity contribution in [3.8, 4) is 11.5 Å². The molecule has 5 rings (SSSR count). The number of hydrogen-bond donors (Lipinski definition) is 1. The monoisotopic (exact) mass is 695 g/mol. The molecule has 234 valence electrons. The molecule has 4 aromatic rings. The molecule has 12 heteroatoms. The maximum Gasteiger partial charge on any atom is 0.264 e. The van der Waals surface area contributed by atoms with Gasteiger partial charge in [0.25, 0.3) is 10.0 Å². The topological polar surface area (TPSA) is 105 Å². The fourth-order valence-corrected chi connectivity index (χ4v) is 6.88. The molecule has 1 N–H and O–H groups in total. The fourth-order valence-electron chi connectivity index (χ4n) is 5.00. The summed E-state index contributed by atoms with van der Waals surface area (Å²) in [6.07, 6.45) is 0.186. The van der Waals surface area contributed by atoms with Crippen molar-refractivity contribution in [2.24, 2.45) is 0 Å². The summed E-state index contributed by atoms with van der Waals surface area (Å²) in [6.45, 7) is -0.0641. The molecular weight excluding hydrogens is 665 g/mol. The van der Waals surface area contributed by atoms with Gasteiger partial charge in [-0.3, -0.25) is 13.9 Å². The SMILES string of the molecule is CNC(=O)[C@@H](Cc1ccccc1)N(Cc1cccc(Br)c1)C(=O)CN(c1ccc(F)cc1)S(=O)(=O)c1ccc2c(c1)OCCO2.